The Labute approximate surface area is 135 Å². The van der Waals surface area contributed by atoms with Gasteiger partial charge in [0.05, 0.1) is 11.3 Å². The molecule has 2 N–H and O–H groups in total. The van der Waals surface area contributed by atoms with Gasteiger partial charge in [0.2, 0.25) is 0 Å². The third-order valence-electron chi connectivity index (χ3n) is 3.22. The number of nitrogens with zero attached hydrogens (tertiary/aromatic N) is 1. The number of aliphatic imine (C=N–C) groups is 1. The second-order valence-electron chi connectivity index (χ2n) is 4.79. The summed E-state index contributed by atoms with van der Waals surface area (Å²) < 4.78 is 0.913. The molecule has 21 heavy (non-hydrogen) atoms. The van der Waals surface area contributed by atoms with Gasteiger partial charge in [-0.1, -0.05) is 17.7 Å². The molecular weight excluding hydrogens is 352 g/mol. The first-order chi connectivity index (χ1) is 10.0. The average molecular weight is 364 g/mol. The van der Waals surface area contributed by atoms with Crippen LogP contribution in [-0.4, -0.2) is 16.3 Å². The smallest absolute Gasteiger partial charge is 0.198 e. The van der Waals surface area contributed by atoms with Crippen molar-refractivity contribution in [1.82, 2.24) is 4.98 Å². The lowest BCUT2D eigenvalue weighted by Gasteiger charge is -1.99. The summed E-state index contributed by atoms with van der Waals surface area (Å²) in [5.41, 5.74) is 3.40. The number of halogens is 2. The first-order valence-electron chi connectivity index (χ1n) is 6.35. The normalized spacial score (nSPS) is 11.6. The summed E-state index contributed by atoms with van der Waals surface area (Å²) in [6, 6.07) is 11.3. The van der Waals surface area contributed by atoms with Crippen LogP contribution in [0.15, 0.2) is 45.9 Å². The van der Waals surface area contributed by atoms with Crippen LogP contribution in [-0.2, 0) is 0 Å². The molecule has 0 bridgehead atoms. The molecule has 0 aliphatic rings. The minimum Gasteiger partial charge on any atom is -0.494 e. The second kappa shape index (κ2) is 5.54. The van der Waals surface area contributed by atoms with Crippen molar-refractivity contribution in [2.75, 3.05) is 0 Å². The van der Waals surface area contributed by atoms with Gasteiger partial charge in [-0.15, -0.1) is 0 Å². The van der Waals surface area contributed by atoms with Crippen LogP contribution < -0.4 is 0 Å². The van der Waals surface area contributed by atoms with Gasteiger partial charge in [-0.05, 0) is 58.7 Å². The molecule has 0 saturated heterocycles. The van der Waals surface area contributed by atoms with E-state index >= 15 is 0 Å². The maximum absolute atomic E-state index is 10.0. The van der Waals surface area contributed by atoms with Crippen molar-refractivity contribution in [3.8, 4) is 5.88 Å². The average Bonchev–Trinajstić information content (AvgIpc) is 2.73. The molecule has 0 fully saturated rings. The van der Waals surface area contributed by atoms with Crippen LogP contribution in [0.25, 0.3) is 10.9 Å². The van der Waals surface area contributed by atoms with E-state index in [-0.39, 0.29) is 5.88 Å². The minimum absolute atomic E-state index is 0.0826. The first kappa shape index (κ1) is 14.2. The van der Waals surface area contributed by atoms with E-state index in [0.29, 0.717) is 10.6 Å². The lowest BCUT2D eigenvalue weighted by atomic mass is 10.2. The molecule has 0 saturated carbocycles. The van der Waals surface area contributed by atoms with Gasteiger partial charge >= 0.3 is 0 Å². The van der Waals surface area contributed by atoms with Crippen LogP contribution >= 0.6 is 27.5 Å². The standard InChI is InChI=1S/C16H12BrClN2O/c1-9-2-4-15(13(17)6-9)19-8-12-11-7-10(18)3-5-14(11)20-16(12)21/h2-8,20-21H,1H3. The quantitative estimate of drug-likeness (QED) is 0.592. The molecular formula is C16H12BrClN2O. The van der Waals surface area contributed by atoms with Crippen LogP contribution in [0.2, 0.25) is 5.02 Å². The number of fused-ring (bicyclic) bond motifs is 1. The highest BCUT2D eigenvalue weighted by Crippen LogP contribution is 2.30. The maximum atomic E-state index is 10.0. The maximum Gasteiger partial charge on any atom is 0.198 e. The summed E-state index contributed by atoms with van der Waals surface area (Å²) in [5, 5.41) is 11.5. The Kier molecular flexibility index (Phi) is 3.74. The van der Waals surface area contributed by atoms with E-state index < -0.39 is 0 Å². The van der Waals surface area contributed by atoms with Crippen molar-refractivity contribution in [3.05, 3.63) is 57.0 Å². The van der Waals surface area contributed by atoms with Gasteiger partial charge in [-0.3, -0.25) is 4.99 Å². The Morgan fingerprint density at radius 3 is 2.81 bits per heavy atom. The number of nitrogens with one attached hydrogen (secondary N) is 1. The van der Waals surface area contributed by atoms with Gasteiger partial charge in [0.1, 0.15) is 0 Å². The molecule has 0 aliphatic heterocycles. The predicted molar refractivity (Wildman–Crippen MR) is 91.1 cm³/mol. The first-order valence-corrected chi connectivity index (χ1v) is 7.52. The van der Waals surface area contributed by atoms with Crippen molar-refractivity contribution in [2.45, 2.75) is 6.92 Å². The van der Waals surface area contributed by atoms with Gasteiger partial charge in [0.15, 0.2) is 5.88 Å². The van der Waals surface area contributed by atoms with E-state index in [4.69, 9.17) is 11.6 Å². The number of benzene rings is 2. The molecule has 0 aliphatic carbocycles. The molecule has 0 atom stereocenters. The Bertz CT molecular complexity index is 855. The molecule has 2 aromatic carbocycles. The minimum atomic E-state index is 0.0826. The lowest BCUT2D eigenvalue weighted by Crippen LogP contribution is -1.80. The van der Waals surface area contributed by atoms with Crippen molar-refractivity contribution < 1.29 is 5.11 Å². The highest BCUT2D eigenvalue weighted by molar-refractivity contribution is 9.10. The molecule has 0 spiro atoms. The number of hydrogen-bond acceptors (Lipinski definition) is 2. The number of aromatic hydroxyl groups is 1. The molecule has 3 aromatic rings. The molecule has 3 rings (SSSR count). The number of aryl methyl sites for hydroxylation is 1. The topological polar surface area (TPSA) is 48.4 Å². The van der Waals surface area contributed by atoms with E-state index in [1.54, 1.807) is 18.3 Å². The fourth-order valence-electron chi connectivity index (χ4n) is 2.15. The van der Waals surface area contributed by atoms with E-state index in [1.165, 1.54) is 0 Å². The fraction of sp³-hybridized carbons (Fsp3) is 0.0625. The molecule has 5 heteroatoms. The van der Waals surface area contributed by atoms with Crippen LogP contribution in [0.4, 0.5) is 5.69 Å². The number of aromatic nitrogens is 1. The summed E-state index contributed by atoms with van der Waals surface area (Å²) in [4.78, 5) is 7.34. The Morgan fingerprint density at radius 1 is 1.24 bits per heavy atom. The summed E-state index contributed by atoms with van der Waals surface area (Å²) in [5.74, 6) is 0.0826. The summed E-state index contributed by atoms with van der Waals surface area (Å²) >= 11 is 9.50. The second-order valence-corrected chi connectivity index (χ2v) is 6.08. The highest BCUT2D eigenvalue weighted by Gasteiger charge is 2.09. The van der Waals surface area contributed by atoms with E-state index in [9.17, 15) is 5.11 Å². The predicted octanol–water partition coefficient (Wildman–Crippen LogP) is 5.35. The zero-order valence-corrected chi connectivity index (χ0v) is 13.5. The largest absolute Gasteiger partial charge is 0.494 e. The lowest BCUT2D eigenvalue weighted by molar-refractivity contribution is 0.457. The fourth-order valence-corrected chi connectivity index (χ4v) is 2.92. The van der Waals surface area contributed by atoms with Gasteiger partial charge in [0, 0.05) is 26.6 Å². The van der Waals surface area contributed by atoms with E-state index in [0.717, 1.165) is 26.6 Å². The van der Waals surface area contributed by atoms with Crippen LogP contribution in [0, 0.1) is 6.92 Å². The molecule has 1 heterocycles. The molecule has 106 valence electrons. The molecule has 1 aromatic heterocycles. The van der Waals surface area contributed by atoms with Gasteiger partial charge < -0.3 is 10.1 Å². The van der Waals surface area contributed by atoms with Gasteiger partial charge in [0.25, 0.3) is 0 Å². The Morgan fingerprint density at radius 2 is 2.05 bits per heavy atom. The third-order valence-corrected chi connectivity index (χ3v) is 4.09. The summed E-state index contributed by atoms with van der Waals surface area (Å²) in [6.07, 6.45) is 1.64. The van der Waals surface area contributed by atoms with E-state index in [2.05, 4.69) is 25.9 Å². The van der Waals surface area contributed by atoms with Crippen molar-refractivity contribution in [3.63, 3.8) is 0 Å². The molecule has 0 unspecified atom stereocenters. The number of rotatable bonds is 2. The van der Waals surface area contributed by atoms with Crippen LogP contribution in [0.1, 0.15) is 11.1 Å². The Hall–Kier alpha value is -1.78. The van der Waals surface area contributed by atoms with Crippen LogP contribution in [0.5, 0.6) is 5.88 Å². The SMILES string of the molecule is Cc1ccc(N=Cc2c(O)[nH]c3ccc(Cl)cc23)c(Br)c1. The summed E-state index contributed by atoms with van der Waals surface area (Å²) in [7, 11) is 0. The Balaban J connectivity index is 2.06. The van der Waals surface area contributed by atoms with Crippen molar-refractivity contribution in [1.29, 1.82) is 0 Å². The zero-order valence-electron chi connectivity index (χ0n) is 11.2. The number of aromatic amines is 1. The monoisotopic (exact) mass is 362 g/mol. The van der Waals surface area contributed by atoms with Crippen molar-refractivity contribution in [2.24, 2.45) is 4.99 Å². The van der Waals surface area contributed by atoms with Crippen LogP contribution in [0.3, 0.4) is 0 Å². The van der Waals surface area contributed by atoms with Gasteiger partial charge in [-0.2, -0.15) is 0 Å². The third kappa shape index (κ3) is 2.82. The van der Waals surface area contributed by atoms with Crippen molar-refractivity contribution >= 4 is 50.3 Å². The number of hydrogen-bond donors (Lipinski definition) is 2. The highest BCUT2D eigenvalue weighted by atomic mass is 79.9. The molecule has 0 amide bonds. The molecule has 3 nitrogen and oxygen atoms in total. The number of H-pyrrole nitrogens is 1. The zero-order chi connectivity index (χ0) is 15.0. The summed E-state index contributed by atoms with van der Waals surface area (Å²) in [6.45, 7) is 2.02. The van der Waals surface area contributed by atoms with E-state index in [1.807, 2.05) is 31.2 Å². The molecule has 0 radical (unpaired) electrons. The van der Waals surface area contributed by atoms with Gasteiger partial charge in [-0.25, -0.2) is 0 Å².